The standard InChI is InChI=1S/C23H23N3O5/c1-26-12-14(11-24-26)21-20(16-7-6-15(28-2)10-17(16)25-21)22(27)13-8-18(29-3)23(31-5)19(9-13)30-4/h6-12,25H,1-5H3. The number of methoxy groups -OCH3 is 4. The normalized spacial score (nSPS) is 10.9. The Kier molecular flexibility index (Phi) is 5.29. The van der Waals surface area contributed by atoms with Crippen LogP contribution in [0.4, 0.5) is 0 Å². The predicted octanol–water partition coefficient (Wildman–Crippen LogP) is 3.83. The number of hydrogen-bond donors (Lipinski definition) is 1. The second kappa shape index (κ2) is 8.06. The molecule has 0 saturated carbocycles. The Bertz CT molecular complexity index is 1250. The Labute approximate surface area is 179 Å². The van der Waals surface area contributed by atoms with E-state index in [0.29, 0.717) is 39.8 Å². The Morgan fingerprint density at radius 3 is 2.23 bits per heavy atom. The summed E-state index contributed by atoms with van der Waals surface area (Å²) >= 11 is 0. The number of ketones is 1. The van der Waals surface area contributed by atoms with Gasteiger partial charge in [0.25, 0.3) is 0 Å². The third-order valence-electron chi connectivity index (χ3n) is 5.15. The Morgan fingerprint density at radius 1 is 0.968 bits per heavy atom. The number of ether oxygens (including phenoxy) is 4. The van der Waals surface area contributed by atoms with E-state index in [1.807, 2.05) is 31.4 Å². The van der Waals surface area contributed by atoms with Gasteiger partial charge in [-0.2, -0.15) is 5.10 Å². The molecule has 0 radical (unpaired) electrons. The monoisotopic (exact) mass is 421 g/mol. The number of aryl methyl sites for hydroxylation is 1. The fourth-order valence-corrected chi connectivity index (χ4v) is 3.66. The minimum atomic E-state index is -0.186. The third kappa shape index (κ3) is 3.46. The molecule has 0 saturated heterocycles. The Hall–Kier alpha value is -3.94. The van der Waals surface area contributed by atoms with Gasteiger partial charge in [0.05, 0.1) is 51.4 Å². The van der Waals surface area contributed by atoms with E-state index < -0.39 is 0 Å². The first kappa shape index (κ1) is 20.3. The van der Waals surface area contributed by atoms with Crippen molar-refractivity contribution in [1.82, 2.24) is 14.8 Å². The van der Waals surface area contributed by atoms with Crippen molar-refractivity contribution in [2.75, 3.05) is 28.4 Å². The van der Waals surface area contributed by atoms with E-state index >= 15 is 0 Å². The summed E-state index contributed by atoms with van der Waals surface area (Å²) in [5.74, 6) is 1.76. The van der Waals surface area contributed by atoms with Crippen LogP contribution in [0.15, 0.2) is 42.7 Å². The number of H-pyrrole nitrogens is 1. The van der Waals surface area contributed by atoms with Gasteiger partial charge >= 0.3 is 0 Å². The summed E-state index contributed by atoms with van der Waals surface area (Å²) in [5.41, 5.74) is 3.20. The molecule has 0 bridgehead atoms. The molecular formula is C23H23N3O5. The molecule has 0 amide bonds. The van der Waals surface area contributed by atoms with Crippen LogP contribution in [0.1, 0.15) is 15.9 Å². The topological polar surface area (TPSA) is 87.6 Å². The van der Waals surface area contributed by atoms with Gasteiger partial charge in [-0.1, -0.05) is 0 Å². The SMILES string of the molecule is COc1ccc2c(C(=O)c3cc(OC)c(OC)c(OC)c3)c(-c3cnn(C)c3)[nH]c2c1. The summed E-state index contributed by atoms with van der Waals surface area (Å²) in [5, 5.41) is 5.03. The zero-order valence-corrected chi connectivity index (χ0v) is 18.0. The molecule has 160 valence electrons. The first-order valence-corrected chi connectivity index (χ1v) is 9.54. The van der Waals surface area contributed by atoms with Crippen molar-refractivity contribution in [2.24, 2.45) is 7.05 Å². The molecule has 31 heavy (non-hydrogen) atoms. The number of fused-ring (bicyclic) bond motifs is 1. The van der Waals surface area contributed by atoms with E-state index in [2.05, 4.69) is 10.1 Å². The summed E-state index contributed by atoms with van der Waals surface area (Å²) in [6.07, 6.45) is 3.57. The minimum Gasteiger partial charge on any atom is -0.497 e. The van der Waals surface area contributed by atoms with Gasteiger partial charge in [-0.25, -0.2) is 0 Å². The van der Waals surface area contributed by atoms with Crippen molar-refractivity contribution in [3.8, 4) is 34.3 Å². The van der Waals surface area contributed by atoms with Crippen LogP contribution in [0, 0.1) is 0 Å². The number of rotatable bonds is 7. The van der Waals surface area contributed by atoms with Gasteiger partial charge in [-0.3, -0.25) is 9.48 Å². The lowest BCUT2D eigenvalue weighted by Crippen LogP contribution is -2.05. The van der Waals surface area contributed by atoms with Crippen LogP contribution >= 0.6 is 0 Å². The van der Waals surface area contributed by atoms with Crippen molar-refractivity contribution >= 4 is 16.7 Å². The molecular weight excluding hydrogens is 398 g/mol. The highest BCUT2D eigenvalue weighted by atomic mass is 16.5. The van der Waals surface area contributed by atoms with Gasteiger partial charge in [0.2, 0.25) is 5.75 Å². The van der Waals surface area contributed by atoms with Crippen LogP contribution in [-0.4, -0.2) is 49.0 Å². The van der Waals surface area contributed by atoms with Gasteiger partial charge in [-0.05, 0) is 24.3 Å². The first-order valence-electron chi connectivity index (χ1n) is 9.54. The maximum absolute atomic E-state index is 13.8. The molecule has 2 aromatic carbocycles. The number of aromatic amines is 1. The molecule has 0 aliphatic carbocycles. The van der Waals surface area contributed by atoms with Crippen molar-refractivity contribution in [3.63, 3.8) is 0 Å². The van der Waals surface area contributed by atoms with Crippen LogP contribution in [0.3, 0.4) is 0 Å². The molecule has 0 spiro atoms. The maximum atomic E-state index is 13.8. The molecule has 0 aliphatic heterocycles. The van der Waals surface area contributed by atoms with Crippen molar-refractivity contribution in [2.45, 2.75) is 0 Å². The number of nitrogens with zero attached hydrogens (tertiary/aromatic N) is 2. The van der Waals surface area contributed by atoms with Gasteiger partial charge in [-0.15, -0.1) is 0 Å². The number of aromatic nitrogens is 3. The predicted molar refractivity (Wildman–Crippen MR) is 117 cm³/mol. The fraction of sp³-hybridized carbons (Fsp3) is 0.217. The molecule has 0 atom stereocenters. The van der Waals surface area contributed by atoms with Crippen LogP contribution < -0.4 is 18.9 Å². The van der Waals surface area contributed by atoms with E-state index in [1.165, 1.54) is 21.3 Å². The van der Waals surface area contributed by atoms with Crippen LogP contribution in [-0.2, 0) is 7.05 Å². The van der Waals surface area contributed by atoms with Gasteiger partial charge in [0, 0.05) is 35.8 Å². The number of carbonyl (C=O) groups is 1. The molecule has 8 heteroatoms. The zero-order valence-electron chi connectivity index (χ0n) is 18.0. The van der Waals surface area contributed by atoms with Crippen molar-refractivity contribution < 1.29 is 23.7 Å². The van der Waals surface area contributed by atoms with Crippen molar-refractivity contribution in [1.29, 1.82) is 0 Å². The Balaban J connectivity index is 1.95. The zero-order chi connectivity index (χ0) is 22.1. The quantitative estimate of drug-likeness (QED) is 0.456. The van der Waals surface area contributed by atoms with Gasteiger partial charge in [0.15, 0.2) is 17.3 Å². The molecule has 0 fully saturated rings. The summed E-state index contributed by atoms with van der Waals surface area (Å²) < 4.78 is 23.3. The second-order valence-corrected chi connectivity index (χ2v) is 6.93. The lowest BCUT2D eigenvalue weighted by Gasteiger charge is -2.14. The molecule has 4 aromatic rings. The molecule has 2 aromatic heterocycles. The summed E-state index contributed by atoms with van der Waals surface area (Å²) in [4.78, 5) is 17.1. The van der Waals surface area contributed by atoms with Gasteiger partial charge in [0.1, 0.15) is 5.75 Å². The lowest BCUT2D eigenvalue weighted by atomic mass is 9.97. The number of carbonyl (C=O) groups excluding carboxylic acids is 1. The van der Waals surface area contributed by atoms with Crippen LogP contribution in [0.5, 0.6) is 23.0 Å². The average molecular weight is 421 g/mol. The number of benzene rings is 2. The highest BCUT2D eigenvalue weighted by molar-refractivity contribution is 6.20. The number of hydrogen-bond acceptors (Lipinski definition) is 6. The van der Waals surface area contributed by atoms with E-state index in [-0.39, 0.29) is 5.78 Å². The van der Waals surface area contributed by atoms with Crippen LogP contribution in [0.2, 0.25) is 0 Å². The van der Waals surface area contributed by atoms with Gasteiger partial charge < -0.3 is 23.9 Å². The number of nitrogens with one attached hydrogen (secondary N) is 1. The first-order chi connectivity index (χ1) is 15.0. The lowest BCUT2D eigenvalue weighted by molar-refractivity contribution is 0.104. The molecule has 1 N–H and O–H groups in total. The molecule has 2 heterocycles. The summed E-state index contributed by atoms with van der Waals surface area (Å²) in [6.45, 7) is 0. The summed E-state index contributed by atoms with van der Waals surface area (Å²) in [6, 6.07) is 8.87. The highest BCUT2D eigenvalue weighted by Gasteiger charge is 2.25. The van der Waals surface area contributed by atoms with E-state index in [1.54, 1.807) is 30.1 Å². The van der Waals surface area contributed by atoms with E-state index in [0.717, 1.165) is 16.5 Å². The molecule has 0 aliphatic rings. The molecule has 0 unspecified atom stereocenters. The smallest absolute Gasteiger partial charge is 0.203 e. The second-order valence-electron chi connectivity index (χ2n) is 6.93. The summed E-state index contributed by atoms with van der Waals surface area (Å²) in [7, 11) is 7.99. The third-order valence-corrected chi connectivity index (χ3v) is 5.15. The largest absolute Gasteiger partial charge is 0.497 e. The van der Waals surface area contributed by atoms with E-state index in [4.69, 9.17) is 18.9 Å². The highest BCUT2D eigenvalue weighted by Crippen LogP contribution is 2.40. The Morgan fingerprint density at radius 2 is 1.68 bits per heavy atom. The van der Waals surface area contributed by atoms with Crippen molar-refractivity contribution in [3.05, 3.63) is 53.9 Å². The maximum Gasteiger partial charge on any atom is 0.203 e. The molecule has 8 nitrogen and oxygen atoms in total. The van der Waals surface area contributed by atoms with E-state index in [9.17, 15) is 4.79 Å². The average Bonchev–Trinajstić information content (AvgIpc) is 3.40. The molecule has 4 rings (SSSR count). The fourth-order valence-electron chi connectivity index (χ4n) is 3.66. The van der Waals surface area contributed by atoms with Crippen LogP contribution in [0.25, 0.3) is 22.2 Å². The minimum absolute atomic E-state index is 0.186.